The average Bonchev–Trinajstić information content (AvgIpc) is 2.45. The van der Waals surface area contributed by atoms with Crippen molar-refractivity contribution in [2.75, 3.05) is 12.3 Å². The predicted molar refractivity (Wildman–Crippen MR) is 74.8 cm³/mol. The van der Waals surface area contributed by atoms with Crippen molar-refractivity contribution in [3.8, 4) is 0 Å². The second-order valence-corrected chi connectivity index (χ2v) is 8.61. The van der Waals surface area contributed by atoms with Gasteiger partial charge in [0.1, 0.15) is 0 Å². The first-order valence-corrected chi connectivity index (χ1v) is 8.93. The fraction of sp³-hybridized carbons (Fsp3) is 0.636. The van der Waals surface area contributed by atoms with Gasteiger partial charge in [0.2, 0.25) is 10.0 Å². The van der Waals surface area contributed by atoms with Crippen LogP contribution in [0.5, 0.6) is 0 Å². The van der Waals surface area contributed by atoms with Crippen LogP contribution in [0, 0.1) is 6.92 Å². The van der Waals surface area contributed by atoms with Crippen molar-refractivity contribution < 1.29 is 8.42 Å². The lowest BCUT2D eigenvalue weighted by Gasteiger charge is -2.18. The first-order valence-electron chi connectivity index (χ1n) is 5.72. The van der Waals surface area contributed by atoms with Crippen LogP contribution in [0.15, 0.2) is 10.5 Å². The highest BCUT2D eigenvalue weighted by Crippen LogP contribution is 2.28. The maximum absolute atomic E-state index is 12.0. The Bertz CT molecular complexity index is 476. The molecule has 6 heteroatoms. The lowest BCUT2D eigenvalue weighted by Crippen LogP contribution is -2.31. The summed E-state index contributed by atoms with van der Waals surface area (Å²) in [5, 5.41) is 0. The number of aryl methyl sites for hydroxylation is 1. The molecule has 0 unspecified atom stereocenters. The molecule has 1 aliphatic rings. The quantitative estimate of drug-likeness (QED) is 0.831. The molecule has 0 N–H and O–H groups in total. The summed E-state index contributed by atoms with van der Waals surface area (Å²) in [4.78, 5) is 2.31. The third kappa shape index (κ3) is 3.30. The molecule has 1 aromatic rings. The van der Waals surface area contributed by atoms with Crippen LogP contribution in [-0.4, -0.2) is 25.0 Å². The Labute approximate surface area is 115 Å². The fourth-order valence-corrected chi connectivity index (χ4v) is 5.23. The number of rotatable bonds is 2. The summed E-state index contributed by atoms with van der Waals surface area (Å²) in [6.07, 6.45) is 2.79. The van der Waals surface area contributed by atoms with Crippen molar-refractivity contribution >= 4 is 37.3 Å². The minimum atomic E-state index is -3.04. The Balaban J connectivity index is 2.16. The lowest BCUT2D eigenvalue weighted by atomic mass is 10.2. The van der Waals surface area contributed by atoms with Gasteiger partial charge in [-0.15, -0.1) is 11.3 Å². The van der Waals surface area contributed by atoms with Gasteiger partial charge in [-0.1, -0.05) is 6.42 Å². The van der Waals surface area contributed by atoms with Crippen LogP contribution >= 0.6 is 27.3 Å². The summed E-state index contributed by atoms with van der Waals surface area (Å²) in [5.41, 5.74) is 0. The maximum atomic E-state index is 12.0. The summed E-state index contributed by atoms with van der Waals surface area (Å²) >= 11 is 5.13. The van der Waals surface area contributed by atoms with Crippen molar-refractivity contribution in [3.63, 3.8) is 0 Å². The average molecular weight is 338 g/mol. The minimum Gasteiger partial charge on any atom is -0.212 e. The zero-order valence-corrected chi connectivity index (χ0v) is 13.0. The predicted octanol–water partition coefficient (Wildman–Crippen LogP) is 3.13. The Morgan fingerprint density at radius 2 is 2.18 bits per heavy atom. The molecule has 0 aromatic carbocycles. The molecule has 2 rings (SSSR count). The van der Waals surface area contributed by atoms with Crippen LogP contribution in [0.1, 0.15) is 29.0 Å². The number of thiophene rings is 1. The first kappa shape index (κ1) is 13.5. The third-order valence-electron chi connectivity index (χ3n) is 2.94. The highest BCUT2D eigenvalue weighted by molar-refractivity contribution is 9.10. The molecular formula is C11H16BrNO2S2. The Kier molecular flexibility index (Phi) is 4.28. The Hall–Kier alpha value is 0.0900. The van der Waals surface area contributed by atoms with Crippen molar-refractivity contribution in [3.05, 3.63) is 20.3 Å². The van der Waals surface area contributed by atoms with E-state index in [1.165, 1.54) is 4.88 Å². The zero-order valence-electron chi connectivity index (χ0n) is 9.78. The largest absolute Gasteiger partial charge is 0.214 e. The van der Waals surface area contributed by atoms with Crippen molar-refractivity contribution in [2.45, 2.75) is 32.7 Å². The molecule has 3 nitrogen and oxygen atoms in total. The van der Waals surface area contributed by atoms with E-state index in [4.69, 9.17) is 0 Å². The van der Waals surface area contributed by atoms with Gasteiger partial charge in [-0.05, 0) is 41.8 Å². The third-order valence-corrected chi connectivity index (χ3v) is 6.97. The molecule has 2 heterocycles. The van der Waals surface area contributed by atoms with Gasteiger partial charge in [-0.3, -0.25) is 0 Å². The number of nitrogens with zero attached hydrogens (tertiary/aromatic N) is 1. The molecule has 0 radical (unpaired) electrons. The summed E-state index contributed by atoms with van der Waals surface area (Å²) in [6, 6.07) is 2.03. The standard InChI is InChI=1S/C11H16BrNO2S2/c1-9-11(12)7-10(16-9)8-13-5-3-2-4-6-17(13,14)15/h7H,2-6,8H2,1H3. The van der Waals surface area contributed by atoms with Crippen LogP contribution in [-0.2, 0) is 16.6 Å². The smallest absolute Gasteiger partial charge is 0.212 e. The molecule has 0 atom stereocenters. The maximum Gasteiger partial charge on any atom is 0.214 e. The molecule has 0 spiro atoms. The Morgan fingerprint density at radius 3 is 2.82 bits per heavy atom. The van der Waals surface area contributed by atoms with E-state index in [9.17, 15) is 8.42 Å². The van der Waals surface area contributed by atoms with Crippen LogP contribution in [0.2, 0.25) is 0 Å². The Morgan fingerprint density at radius 1 is 1.41 bits per heavy atom. The monoisotopic (exact) mass is 337 g/mol. The topological polar surface area (TPSA) is 37.4 Å². The molecule has 17 heavy (non-hydrogen) atoms. The van der Waals surface area contributed by atoms with Gasteiger partial charge in [0.25, 0.3) is 0 Å². The second kappa shape index (κ2) is 5.38. The van der Waals surface area contributed by atoms with E-state index in [1.54, 1.807) is 15.6 Å². The fourth-order valence-electron chi connectivity index (χ4n) is 1.96. The molecule has 1 aromatic heterocycles. The summed E-state index contributed by atoms with van der Waals surface area (Å²) < 4.78 is 26.7. The summed E-state index contributed by atoms with van der Waals surface area (Å²) in [6.45, 7) is 3.23. The number of hydrogen-bond acceptors (Lipinski definition) is 3. The van der Waals surface area contributed by atoms with Gasteiger partial charge in [0.05, 0.1) is 5.75 Å². The molecule has 96 valence electrons. The molecule has 0 saturated carbocycles. The molecule has 1 aliphatic heterocycles. The highest BCUT2D eigenvalue weighted by atomic mass is 79.9. The molecule has 1 fully saturated rings. The van der Waals surface area contributed by atoms with E-state index in [1.807, 2.05) is 13.0 Å². The van der Waals surface area contributed by atoms with Crippen LogP contribution in [0.25, 0.3) is 0 Å². The first-order chi connectivity index (χ1) is 7.99. The van der Waals surface area contributed by atoms with Gasteiger partial charge < -0.3 is 0 Å². The van der Waals surface area contributed by atoms with Crippen LogP contribution < -0.4 is 0 Å². The second-order valence-electron chi connectivity index (χ2n) is 4.33. The molecule has 0 bridgehead atoms. The molecule has 0 amide bonds. The van der Waals surface area contributed by atoms with E-state index in [-0.39, 0.29) is 0 Å². The van der Waals surface area contributed by atoms with E-state index in [0.29, 0.717) is 18.8 Å². The summed E-state index contributed by atoms with van der Waals surface area (Å²) in [5.74, 6) is 0.304. The molecule has 1 saturated heterocycles. The van der Waals surface area contributed by atoms with E-state index >= 15 is 0 Å². The molecular weight excluding hydrogens is 322 g/mol. The normalized spacial score (nSPS) is 21.3. The van der Waals surface area contributed by atoms with Gasteiger partial charge in [0, 0.05) is 27.3 Å². The number of halogens is 1. The van der Waals surface area contributed by atoms with Crippen LogP contribution in [0.4, 0.5) is 0 Å². The summed E-state index contributed by atoms with van der Waals surface area (Å²) in [7, 11) is -3.04. The SMILES string of the molecule is Cc1sc(CN2CCCCCS2(=O)=O)cc1Br. The van der Waals surface area contributed by atoms with E-state index < -0.39 is 10.0 Å². The minimum absolute atomic E-state index is 0.304. The molecule has 0 aliphatic carbocycles. The zero-order chi connectivity index (χ0) is 12.5. The van der Waals surface area contributed by atoms with Gasteiger partial charge in [-0.25, -0.2) is 8.42 Å². The number of sulfonamides is 1. The van der Waals surface area contributed by atoms with Crippen molar-refractivity contribution in [2.24, 2.45) is 0 Å². The van der Waals surface area contributed by atoms with E-state index in [2.05, 4.69) is 15.9 Å². The number of hydrogen-bond donors (Lipinski definition) is 0. The highest BCUT2D eigenvalue weighted by Gasteiger charge is 2.24. The van der Waals surface area contributed by atoms with Gasteiger partial charge >= 0.3 is 0 Å². The van der Waals surface area contributed by atoms with Crippen LogP contribution in [0.3, 0.4) is 0 Å². The van der Waals surface area contributed by atoms with Gasteiger partial charge in [-0.2, -0.15) is 4.31 Å². The van der Waals surface area contributed by atoms with E-state index in [0.717, 1.165) is 28.6 Å². The van der Waals surface area contributed by atoms with Crippen molar-refractivity contribution in [1.29, 1.82) is 0 Å². The van der Waals surface area contributed by atoms with Crippen molar-refractivity contribution in [1.82, 2.24) is 4.31 Å². The lowest BCUT2D eigenvalue weighted by molar-refractivity contribution is 0.411. The van der Waals surface area contributed by atoms with Gasteiger partial charge in [0.15, 0.2) is 0 Å².